The first kappa shape index (κ1) is 65.5. The highest BCUT2D eigenvalue weighted by Crippen LogP contribution is 2.57. The molecule has 0 aromatic rings. The van der Waals surface area contributed by atoms with Gasteiger partial charge in [-0.05, 0) is 175 Å². The topological polar surface area (TPSA) is 57.2 Å². The summed E-state index contributed by atoms with van der Waals surface area (Å²) >= 11 is 0. The van der Waals surface area contributed by atoms with Crippen LogP contribution in [0.15, 0.2) is 0 Å². The Hall–Kier alpha value is -0.690. The normalized spacial score (nSPS) is 28.5. The van der Waals surface area contributed by atoms with Crippen LogP contribution in [0.3, 0.4) is 0 Å². The van der Waals surface area contributed by atoms with Crippen LogP contribution in [0.2, 0.25) is 0 Å². The summed E-state index contributed by atoms with van der Waals surface area (Å²) in [6.45, 7) is 12.0. The zero-order valence-corrected chi connectivity index (χ0v) is 52.2. The van der Waals surface area contributed by atoms with Crippen molar-refractivity contribution in [1.29, 1.82) is 0 Å². The van der Waals surface area contributed by atoms with Gasteiger partial charge in [0.15, 0.2) is 0 Å². The molecule has 0 heterocycles. The summed E-state index contributed by atoms with van der Waals surface area (Å²) in [6.07, 6.45) is 60.4. The van der Waals surface area contributed by atoms with Crippen LogP contribution in [0.4, 0.5) is 0 Å². The van der Waals surface area contributed by atoms with E-state index in [-0.39, 0.29) is 5.97 Å². The smallest absolute Gasteiger partial charge is 0.305 e. The third-order valence-corrected chi connectivity index (χ3v) is 20.9. The first-order chi connectivity index (χ1) is 37.8. The standard InChI is InChI=1S/C71H131NO5/c1-6-9-24-34-58-45-64(58)51-67-48-61(67)37-27-18-12-15-21-30-42-74-54-71(57-77-70(73)40-33-41-72(4)5,55-75-43-31-22-16-13-19-28-38-62-49-68(62)52-65-46-59(65)35-25-10-7-2)56-76-44-32-23-17-14-20-29-39-63-50-69(63)53-66-47-60(66)36-26-11-8-3/h58-69H,6-57H2,1-5H3. The molecule has 0 aromatic carbocycles. The number of nitrogens with zero attached hydrogens (tertiary/aromatic N) is 1. The fourth-order valence-electron chi connectivity index (χ4n) is 14.8. The molecule has 6 heteroatoms. The summed E-state index contributed by atoms with van der Waals surface area (Å²) in [4.78, 5) is 15.3. The van der Waals surface area contributed by atoms with Gasteiger partial charge in [-0.25, -0.2) is 0 Å². The molecular weight excluding hydrogens is 947 g/mol. The lowest BCUT2D eigenvalue weighted by Gasteiger charge is -2.33. The molecule has 6 aliphatic rings. The molecule has 0 N–H and O–H groups in total. The molecule has 0 radical (unpaired) electrons. The van der Waals surface area contributed by atoms with Crippen LogP contribution < -0.4 is 0 Å². The third kappa shape index (κ3) is 29.9. The Balaban J connectivity index is 0.836. The van der Waals surface area contributed by atoms with E-state index in [1.807, 2.05) is 0 Å². The van der Waals surface area contributed by atoms with Crippen molar-refractivity contribution < 1.29 is 23.7 Å². The number of rotatable bonds is 57. The van der Waals surface area contributed by atoms with Gasteiger partial charge in [0.25, 0.3) is 0 Å². The minimum atomic E-state index is -0.486. The molecule has 6 aliphatic carbocycles. The summed E-state index contributed by atoms with van der Waals surface area (Å²) in [6, 6.07) is 0. The Bertz CT molecular complexity index is 1320. The molecule has 12 atom stereocenters. The molecular formula is C71H131NO5. The molecule has 6 rings (SSSR count). The number of carbonyl (C=O) groups excluding carboxylic acids is 1. The molecule has 450 valence electrons. The van der Waals surface area contributed by atoms with Crippen LogP contribution in [-0.4, -0.2) is 77.8 Å². The molecule has 12 unspecified atom stereocenters. The molecule has 0 amide bonds. The fraction of sp³-hybridized carbons (Fsp3) is 0.986. The fourth-order valence-corrected chi connectivity index (χ4v) is 14.8. The van der Waals surface area contributed by atoms with Gasteiger partial charge in [0.1, 0.15) is 6.61 Å². The Labute approximate surface area is 479 Å². The summed E-state index contributed by atoms with van der Waals surface area (Å²) in [7, 11) is 4.13. The maximum Gasteiger partial charge on any atom is 0.305 e. The van der Waals surface area contributed by atoms with Crippen molar-refractivity contribution in [2.75, 3.05) is 66.9 Å². The highest BCUT2D eigenvalue weighted by atomic mass is 16.5. The molecule has 6 fully saturated rings. The molecule has 77 heavy (non-hydrogen) atoms. The van der Waals surface area contributed by atoms with E-state index in [0.717, 1.165) is 123 Å². The van der Waals surface area contributed by atoms with Gasteiger partial charge in [-0.2, -0.15) is 0 Å². The lowest BCUT2D eigenvalue weighted by Crippen LogP contribution is -2.42. The molecule has 0 spiro atoms. The van der Waals surface area contributed by atoms with E-state index in [1.54, 1.807) is 38.5 Å². The molecule has 0 saturated heterocycles. The second-order valence-electron chi connectivity index (χ2n) is 28.7. The van der Waals surface area contributed by atoms with Gasteiger partial charge >= 0.3 is 5.97 Å². The van der Waals surface area contributed by atoms with Crippen LogP contribution in [0.25, 0.3) is 0 Å². The zero-order chi connectivity index (χ0) is 54.2. The summed E-state index contributed by atoms with van der Waals surface area (Å²) in [5.41, 5.74) is -0.486. The molecule has 0 bridgehead atoms. The van der Waals surface area contributed by atoms with Crippen molar-refractivity contribution in [3.05, 3.63) is 0 Å². The van der Waals surface area contributed by atoms with E-state index in [4.69, 9.17) is 18.9 Å². The first-order valence-electron chi connectivity index (χ1n) is 35.3. The van der Waals surface area contributed by atoms with E-state index >= 15 is 0 Å². The average molecular weight is 1080 g/mol. The Morgan fingerprint density at radius 2 is 0.623 bits per heavy atom. The van der Waals surface area contributed by atoms with Crippen LogP contribution in [0.5, 0.6) is 0 Å². The van der Waals surface area contributed by atoms with Crippen LogP contribution in [0, 0.1) is 76.4 Å². The van der Waals surface area contributed by atoms with Crippen LogP contribution in [0.1, 0.15) is 303 Å². The number of unbranched alkanes of at least 4 members (excludes halogenated alkanes) is 21. The highest BCUT2D eigenvalue weighted by molar-refractivity contribution is 5.69. The van der Waals surface area contributed by atoms with E-state index < -0.39 is 5.41 Å². The van der Waals surface area contributed by atoms with Gasteiger partial charge in [-0.1, -0.05) is 213 Å². The molecule has 0 aliphatic heterocycles. The van der Waals surface area contributed by atoms with E-state index in [2.05, 4.69) is 39.8 Å². The number of ether oxygens (including phenoxy) is 4. The maximum absolute atomic E-state index is 13.1. The second-order valence-corrected chi connectivity index (χ2v) is 28.7. The highest BCUT2D eigenvalue weighted by Gasteiger charge is 2.47. The van der Waals surface area contributed by atoms with Crippen molar-refractivity contribution in [3.8, 4) is 0 Å². The second kappa shape index (κ2) is 39.0. The van der Waals surface area contributed by atoms with Crippen molar-refractivity contribution in [3.63, 3.8) is 0 Å². The lowest BCUT2D eigenvalue weighted by molar-refractivity contribution is -0.156. The average Bonchev–Trinajstić information content (AvgIpc) is 4.15. The largest absolute Gasteiger partial charge is 0.465 e. The monoisotopic (exact) mass is 1080 g/mol. The number of hydrogen-bond donors (Lipinski definition) is 0. The van der Waals surface area contributed by atoms with Gasteiger partial charge in [-0.15, -0.1) is 0 Å². The van der Waals surface area contributed by atoms with Crippen LogP contribution in [-0.2, 0) is 23.7 Å². The number of hydrogen-bond acceptors (Lipinski definition) is 6. The van der Waals surface area contributed by atoms with Crippen molar-refractivity contribution in [1.82, 2.24) is 4.90 Å². The minimum absolute atomic E-state index is 0.110. The maximum atomic E-state index is 13.1. The van der Waals surface area contributed by atoms with Gasteiger partial charge in [0.2, 0.25) is 0 Å². The molecule has 6 saturated carbocycles. The van der Waals surface area contributed by atoms with E-state index in [1.165, 1.54) is 212 Å². The predicted octanol–water partition coefficient (Wildman–Crippen LogP) is 19.8. The van der Waals surface area contributed by atoms with Gasteiger partial charge in [-0.3, -0.25) is 4.79 Å². The first-order valence-corrected chi connectivity index (χ1v) is 35.3. The predicted molar refractivity (Wildman–Crippen MR) is 326 cm³/mol. The SMILES string of the molecule is CCCCCC1CC1CC1CC1CCCCCCCCOCC(COCCCCCCCCC1CC1CC1CC1CCCCC)(COCCCCCCCCC1CC1CC1CC1CCCCC)COC(=O)CCCN(C)C. The van der Waals surface area contributed by atoms with Crippen LogP contribution >= 0.6 is 0 Å². The Kier molecular flexibility index (Phi) is 33.1. The lowest BCUT2D eigenvalue weighted by atomic mass is 9.92. The van der Waals surface area contributed by atoms with Crippen molar-refractivity contribution >= 4 is 5.97 Å². The zero-order valence-electron chi connectivity index (χ0n) is 52.2. The van der Waals surface area contributed by atoms with E-state index in [9.17, 15) is 4.79 Å². The molecule has 6 nitrogen and oxygen atoms in total. The van der Waals surface area contributed by atoms with Gasteiger partial charge in [0, 0.05) is 26.2 Å². The van der Waals surface area contributed by atoms with E-state index in [0.29, 0.717) is 32.8 Å². The Morgan fingerprint density at radius 3 is 0.909 bits per heavy atom. The summed E-state index contributed by atoms with van der Waals surface area (Å²) in [5.74, 6) is 12.8. The van der Waals surface area contributed by atoms with Gasteiger partial charge in [0.05, 0.1) is 25.2 Å². The van der Waals surface area contributed by atoms with Gasteiger partial charge < -0.3 is 23.8 Å². The summed E-state index contributed by atoms with van der Waals surface area (Å²) < 4.78 is 25.7. The summed E-state index contributed by atoms with van der Waals surface area (Å²) in [5, 5.41) is 0. The third-order valence-electron chi connectivity index (χ3n) is 20.9. The van der Waals surface area contributed by atoms with Crippen molar-refractivity contribution in [2.24, 2.45) is 76.4 Å². The number of esters is 1. The Morgan fingerprint density at radius 1 is 0.351 bits per heavy atom. The van der Waals surface area contributed by atoms with Crippen molar-refractivity contribution in [2.45, 2.75) is 303 Å². The quantitative estimate of drug-likeness (QED) is 0.0447. The number of carbonyl (C=O) groups is 1. The minimum Gasteiger partial charge on any atom is -0.465 e. The molecule has 0 aromatic heterocycles.